The molecule has 0 spiro atoms. The molecule has 1 atom stereocenters. The van der Waals surface area contributed by atoms with Crippen molar-refractivity contribution in [3.05, 3.63) is 35.9 Å². The molecule has 0 aliphatic carbocycles. The minimum atomic E-state index is -0.560. The van der Waals surface area contributed by atoms with Crippen molar-refractivity contribution in [2.75, 3.05) is 6.61 Å². The van der Waals surface area contributed by atoms with Gasteiger partial charge in [0.05, 0.1) is 10.3 Å². The fraction of sp³-hybridized carbons (Fsp3) is 0.385. The molecule has 1 rings (SSSR count). The van der Waals surface area contributed by atoms with Crippen LogP contribution in [0.1, 0.15) is 25.3 Å². The third-order valence-corrected chi connectivity index (χ3v) is 4.03. The zero-order valence-electron chi connectivity index (χ0n) is 9.72. The number of aliphatic hydroxyl groups is 1. The van der Waals surface area contributed by atoms with Crippen LogP contribution in [0.25, 0.3) is 0 Å². The van der Waals surface area contributed by atoms with Crippen LogP contribution in [0.3, 0.4) is 0 Å². The summed E-state index contributed by atoms with van der Waals surface area (Å²) in [6.45, 7) is 1.97. The molecule has 17 heavy (non-hydrogen) atoms. The molecule has 0 aromatic heterocycles. The number of nitrogens with zero attached hydrogens (tertiary/aromatic N) is 1. The molecule has 0 aliphatic heterocycles. The number of hydrogen-bond acceptors (Lipinski definition) is 4. The van der Waals surface area contributed by atoms with Gasteiger partial charge in [0, 0.05) is 6.61 Å². The molecule has 90 valence electrons. The predicted octanol–water partition coefficient (Wildman–Crippen LogP) is 3.15. The van der Waals surface area contributed by atoms with E-state index in [1.54, 1.807) is 0 Å². The average molecular weight is 265 g/mol. The second kappa shape index (κ2) is 6.75. The standard InChI is InChI=1S/C13H15NOS2/c1-13(10-14,8-5-9-15)17-12(16)11-6-3-2-4-7-11/h2-4,6-7,15H,5,8-9H2,1H3. The molecule has 1 unspecified atom stereocenters. The fourth-order valence-electron chi connectivity index (χ4n) is 1.38. The van der Waals surface area contributed by atoms with Crippen LogP contribution >= 0.6 is 24.0 Å². The Balaban J connectivity index is 2.70. The van der Waals surface area contributed by atoms with Gasteiger partial charge in [-0.15, -0.1) is 0 Å². The van der Waals surface area contributed by atoms with E-state index in [1.807, 2.05) is 37.3 Å². The van der Waals surface area contributed by atoms with Crippen molar-refractivity contribution in [1.29, 1.82) is 5.26 Å². The maximum Gasteiger partial charge on any atom is 0.105 e. The number of benzene rings is 1. The Morgan fingerprint density at radius 1 is 1.47 bits per heavy atom. The molecule has 0 saturated carbocycles. The molecule has 1 aromatic rings. The highest BCUT2D eigenvalue weighted by Gasteiger charge is 2.26. The first-order valence-corrected chi connectivity index (χ1v) is 6.64. The maximum absolute atomic E-state index is 9.20. The Labute approximate surface area is 112 Å². The van der Waals surface area contributed by atoms with Crippen LogP contribution < -0.4 is 0 Å². The van der Waals surface area contributed by atoms with Gasteiger partial charge in [-0.05, 0) is 25.3 Å². The summed E-state index contributed by atoms with van der Waals surface area (Å²) in [5.74, 6) is 0. The topological polar surface area (TPSA) is 44.0 Å². The van der Waals surface area contributed by atoms with Gasteiger partial charge in [-0.25, -0.2) is 0 Å². The molecule has 4 heteroatoms. The molecular weight excluding hydrogens is 250 g/mol. The van der Waals surface area contributed by atoms with Gasteiger partial charge in [-0.3, -0.25) is 0 Å². The van der Waals surface area contributed by atoms with Crippen LogP contribution in [0.2, 0.25) is 0 Å². The minimum Gasteiger partial charge on any atom is -0.396 e. The normalized spacial score (nSPS) is 13.7. The Morgan fingerprint density at radius 3 is 2.65 bits per heavy atom. The number of aliphatic hydroxyl groups excluding tert-OH is 1. The van der Waals surface area contributed by atoms with Gasteiger partial charge < -0.3 is 5.11 Å². The average Bonchev–Trinajstić information content (AvgIpc) is 2.37. The van der Waals surface area contributed by atoms with Gasteiger partial charge in [0.2, 0.25) is 0 Å². The van der Waals surface area contributed by atoms with E-state index in [9.17, 15) is 5.26 Å². The van der Waals surface area contributed by atoms with Crippen LogP contribution in [0, 0.1) is 11.3 Å². The first-order chi connectivity index (χ1) is 8.11. The van der Waals surface area contributed by atoms with E-state index in [1.165, 1.54) is 11.8 Å². The first kappa shape index (κ1) is 14.2. The van der Waals surface area contributed by atoms with Gasteiger partial charge in [0.15, 0.2) is 0 Å². The van der Waals surface area contributed by atoms with Gasteiger partial charge in [0.25, 0.3) is 0 Å². The summed E-state index contributed by atoms with van der Waals surface area (Å²) in [6.07, 6.45) is 1.26. The lowest BCUT2D eigenvalue weighted by Crippen LogP contribution is -2.20. The van der Waals surface area contributed by atoms with E-state index in [0.717, 1.165) is 9.76 Å². The Kier molecular flexibility index (Phi) is 5.63. The van der Waals surface area contributed by atoms with Gasteiger partial charge in [-0.2, -0.15) is 5.26 Å². The highest BCUT2D eigenvalue weighted by Crippen LogP contribution is 2.32. The maximum atomic E-state index is 9.20. The molecular formula is C13H15NOS2. The Morgan fingerprint density at radius 2 is 2.12 bits per heavy atom. The minimum absolute atomic E-state index is 0.107. The van der Waals surface area contributed by atoms with Crippen molar-refractivity contribution in [3.63, 3.8) is 0 Å². The highest BCUT2D eigenvalue weighted by molar-refractivity contribution is 8.24. The van der Waals surface area contributed by atoms with Gasteiger partial charge >= 0.3 is 0 Å². The molecule has 0 fully saturated rings. The van der Waals surface area contributed by atoms with Gasteiger partial charge in [0.1, 0.15) is 4.75 Å². The zero-order valence-corrected chi connectivity index (χ0v) is 11.4. The molecule has 1 aromatic carbocycles. The quantitative estimate of drug-likeness (QED) is 0.831. The van der Waals surface area contributed by atoms with E-state index in [0.29, 0.717) is 12.8 Å². The van der Waals surface area contributed by atoms with Crippen LogP contribution in [-0.4, -0.2) is 20.7 Å². The molecule has 0 bridgehead atoms. The molecule has 0 heterocycles. The van der Waals surface area contributed by atoms with Gasteiger partial charge in [-0.1, -0.05) is 54.3 Å². The third-order valence-electron chi connectivity index (χ3n) is 2.38. The molecule has 0 radical (unpaired) electrons. The summed E-state index contributed by atoms with van der Waals surface area (Å²) in [5.41, 5.74) is 0.970. The lowest BCUT2D eigenvalue weighted by Gasteiger charge is -2.20. The summed E-state index contributed by atoms with van der Waals surface area (Å²) in [4.78, 5) is 0. The molecule has 0 amide bonds. The predicted molar refractivity (Wildman–Crippen MR) is 76.1 cm³/mol. The van der Waals surface area contributed by atoms with Crippen molar-refractivity contribution < 1.29 is 5.11 Å². The fourth-order valence-corrected chi connectivity index (χ4v) is 3.03. The summed E-state index contributed by atoms with van der Waals surface area (Å²) in [7, 11) is 0. The van der Waals surface area contributed by atoms with Crippen molar-refractivity contribution >= 4 is 28.2 Å². The lowest BCUT2D eigenvalue weighted by molar-refractivity contribution is 0.282. The van der Waals surface area contributed by atoms with E-state index in [4.69, 9.17) is 17.3 Å². The second-order valence-corrected chi connectivity index (χ2v) is 6.11. The van der Waals surface area contributed by atoms with Crippen molar-refractivity contribution in [2.24, 2.45) is 0 Å². The molecule has 0 saturated heterocycles. The largest absolute Gasteiger partial charge is 0.396 e. The highest BCUT2D eigenvalue weighted by atomic mass is 32.2. The molecule has 0 aliphatic rings. The molecule has 2 nitrogen and oxygen atoms in total. The zero-order chi connectivity index (χ0) is 12.7. The Bertz CT molecular complexity index is 413. The monoisotopic (exact) mass is 265 g/mol. The van der Waals surface area contributed by atoms with Crippen LogP contribution in [0.15, 0.2) is 30.3 Å². The number of thioether (sulfide) groups is 1. The van der Waals surface area contributed by atoms with Crippen molar-refractivity contribution in [1.82, 2.24) is 0 Å². The lowest BCUT2D eigenvalue weighted by atomic mass is 10.1. The van der Waals surface area contributed by atoms with E-state index >= 15 is 0 Å². The summed E-state index contributed by atoms with van der Waals surface area (Å²) in [6, 6.07) is 12.0. The van der Waals surface area contributed by atoms with Crippen molar-refractivity contribution in [3.8, 4) is 6.07 Å². The van der Waals surface area contributed by atoms with Crippen LogP contribution in [-0.2, 0) is 0 Å². The van der Waals surface area contributed by atoms with Crippen LogP contribution in [0.5, 0.6) is 0 Å². The Hall–Kier alpha value is -0.890. The van der Waals surface area contributed by atoms with E-state index in [-0.39, 0.29) is 6.61 Å². The number of nitriles is 1. The summed E-state index contributed by atoms with van der Waals surface area (Å²) >= 11 is 6.73. The second-order valence-electron chi connectivity index (χ2n) is 3.93. The van der Waals surface area contributed by atoms with E-state index in [2.05, 4.69) is 6.07 Å². The summed E-state index contributed by atoms with van der Waals surface area (Å²) < 4.78 is 0.169. The van der Waals surface area contributed by atoms with Crippen LogP contribution in [0.4, 0.5) is 0 Å². The third kappa shape index (κ3) is 4.47. The number of hydrogen-bond donors (Lipinski definition) is 1. The number of thiocarbonyl (C=S) groups is 1. The first-order valence-electron chi connectivity index (χ1n) is 5.42. The van der Waals surface area contributed by atoms with E-state index < -0.39 is 4.75 Å². The molecule has 1 N–H and O–H groups in total. The smallest absolute Gasteiger partial charge is 0.105 e. The SMILES string of the molecule is CC(C#N)(CCCO)SC(=S)c1ccccc1. The number of rotatable bonds is 5. The van der Waals surface area contributed by atoms with Crippen molar-refractivity contribution in [2.45, 2.75) is 24.5 Å². The summed E-state index contributed by atoms with van der Waals surface area (Å²) in [5, 5.41) is 18.0.